The molecular formula is C17H20N4O2S. The highest BCUT2D eigenvalue weighted by atomic mass is 32.1. The molecule has 7 heteroatoms. The summed E-state index contributed by atoms with van der Waals surface area (Å²) in [5.74, 6) is -0.571. The molecule has 2 aromatic rings. The lowest BCUT2D eigenvalue weighted by Crippen LogP contribution is -2.49. The van der Waals surface area contributed by atoms with Crippen molar-refractivity contribution in [1.29, 1.82) is 0 Å². The summed E-state index contributed by atoms with van der Waals surface area (Å²) in [5.41, 5.74) is 3.25. The van der Waals surface area contributed by atoms with E-state index in [0.29, 0.717) is 0 Å². The van der Waals surface area contributed by atoms with E-state index in [-0.39, 0.29) is 24.2 Å². The molecule has 0 aliphatic heterocycles. The fraction of sp³-hybridized carbons (Fsp3) is 0.294. The van der Waals surface area contributed by atoms with E-state index in [1.54, 1.807) is 18.5 Å². The normalized spacial score (nSPS) is 12.3. The second-order valence-electron chi connectivity index (χ2n) is 5.57. The van der Waals surface area contributed by atoms with Crippen LogP contribution in [0.25, 0.3) is 0 Å². The summed E-state index contributed by atoms with van der Waals surface area (Å²) < 4.78 is 0. The fourth-order valence-corrected chi connectivity index (χ4v) is 2.73. The van der Waals surface area contributed by atoms with Crippen LogP contribution in [0.15, 0.2) is 47.1 Å². The third-order valence-corrected chi connectivity index (χ3v) is 4.13. The Kier molecular flexibility index (Phi) is 6.62. The second kappa shape index (κ2) is 8.93. The van der Waals surface area contributed by atoms with Gasteiger partial charge in [-0.25, -0.2) is 5.43 Å². The maximum atomic E-state index is 12.3. The Morgan fingerprint density at radius 1 is 1.33 bits per heavy atom. The third-order valence-electron chi connectivity index (χ3n) is 3.25. The van der Waals surface area contributed by atoms with Crippen LogP contribution in [0.4, 0.5) is 0 Å². The molecule has 0 radical (unpaired) electrons. The predicted molar refractivity (Wildman–Crippen MR) is 94.8 cm³/mol. The van der Waals surface area contributed by atoms with E-state index in [2.05, 4.69) is 20.8 Å². The molecule has 0 saturated heterocycles. The molecule has 6 nitrogen and oxygen atoms in total. The molecule has 0 aliphatic carbocycles. The van der Waals surface area contributed by atoms with Gasteiger partial charge in [-0.1, -0.05) is 26.0 Å². The number of pyridine rings is 1. The van der Waals surface area contributed by atoms with Crippen molar-refractivity contribution in [2.24, 2.45) is 11.0 Å². The number of amides is 2. The second-order valence-corrected chi connectivity index (χ2v) is 6.60. The Bertz CT molecular complexity index is 684. The first-order valence-corrected chi connectivity index (χ1v) is 8.49. The van der Waals surface area contributed by atoms with Gasteiger partial charge in [0, 0.05) is 22.8 Å². The Morgan fingerprint density at radius 2 is 2.17 bits per heavy atom. The van der Waals surface area contributed by atoms with Crippen LogP contribution in [0.1, 0.15) is 24.3 Å². The third kappa shape index (κ3) is 5.58. The van der Waals surface area contributed by atoms with Crippen molar-refractivity contribution in [3.8, 4) is 0 Å². The molecule has 0 saturated carbocycles. The van der Waals surface area contributed by atoms with Crippen LogP contribution in [0.5, 0.6) is 0 Å². The molecule has 1 unspecified atom stereocenters. The van der Waals surface area contributed by atoms with Gasteiger partial charge in [-0.2, -0.15) is 5.10 Å². The van der Waals surface area contributed by atoms with Crippen molar-refractivity contribution in [3.05, 3.63) is 52.5 Å². The van der Waals surface area contributed by atoms with Crippen LogP contribution in [-0.2, 0) is 16.0 Å². The van der Waals surface area contributed by atoms with Crippen LogP contribution in [0, 0.1) is 5.92 Å². The predicted octanol–water partition coefficient (Wildman–Crippen LogP) is 1.98. The van der Waals surface area contributed by atoms with Gasteiger partial charge in [-0.3, -0.25) is 14.6 Å². The molecule has 0 spiro atoms. The van der Waals surface area contributed by atoms with E-state index in [1.807, 2.05) is 37.4 Å². The largest absolute Gasteiger partial charge is 0.344 e. The van der Waals surface area contributed by atoms with Gasteiger partial charge >= 0.3 is 0 Å². The smallest absolute Gasteiger partial charge is 0.262 e. The van der Waals surface area contributed by atoms with Crippen molar-refractivity contribution >= 4 is 29.4 Å². The van der Waals surface area contributed by atoms with E-state index >= 15 is 0 Å². The van der Waals surface area contributed by atoms with E-state index in [9.17, 15) is 9.59 Å². The first-order valence-electron chi connectivity index (χ1n) is 7.61. The number of hydrogen-bond acceptors (Lipinski definition) is 5. The molecule has 0 fully saturated rings. The van der Waals surface area contributed by atoms with Gasteiger partial charge in [0.15, 0.2) is 0 Å². The molecule has 2 amide bonds. The number of hydrazone groups is 1. The lowest BCUT2D eigenvalue weighted by Gasteiger charge is -2.20. The van der Waals surface area contributed by atoms with Crippen LogP contribution < -0.4 is 10.7 Å². The summed E-state index contributed by atoms with van der Waals surface area (Å²) >= 11 is 1.52. The first-order chi connectivity index (χ1) is 11.6. The molecule has 2 rings (SSSR count). The van der Waals surface area contributed by atoms with Gasteiger partial charge in [0.2, 0.25) is 5.91 Å². The van der Waals surface area contributed by atoms with Crippen LogP contribution >= 0.6 is 11.3 Å². The molecular weight excluding hydrogens is 324 g/mol. The maximum Gasteiger partial charge on any atom is 0.262 e. The number of carbonyl (C=O) groups is 2. The summed E-state index contributed by atoms with van der Waals surface area (Å²) in [7, 11) is 0. The minimum Gasteiger partial charge on any atom is -0.344 e. The van der Waals surface area contributed by atoms with Gasteiger partial charge in [-0.15, -0.1) is 11.3 Å². The minimum atomic E-state index is -0.636. The summed E-state index contributed by atoms with van der Waals surface area (Å²) in [5, 5.41) is 8.61. The summed E-state index contributed by atoms with van der Waals surface area (Å²) in [6, 6.07) is 6.76. The van der Waals surface area contributed by atoms with E-state index in [1.165, 1.54) is 17.6 Å². The van der Waals surface area contributed by atoms with Crippen LogP contribution in [0.3, 0.4) is 0 Å². The van der Waals surface area contributed by atoms with Crippen LogP contribution in [0.2, 0.25) is 0 Å². The lowest BCUT2D eigenvalue weighted by molar-refractivity contribution is -0.129. The molecule has 0 aliphatic rings. The highest BCUT2D eigenvalue weighted by Crippen LogP contribution is 2.10. The highest BCUT2D eigenvalue weighted by Gasteiger charge is 2.24. The number of carbonyl (C=O) groups excluding carboxylic acids is 2. The van der Waals surface area contributed by atoms with Gasteiger partial charge in [0.05, 0.1) is 12.6 Å². The summed E-state index contributed by atoms with van der Waals surface area (Å²) in [6.45, 7) is 3.75. The molecule has 0 bridgehead atoms. The Balaban J connectivity index is 1.90. The van der Waals surface area contributed by atoms with Gasteiger partial charge in [-0.05, 0) is 23.4 Å². The van der Waals surface area contributed by atoms with Crippen molar-refractivity contribution in [2.75, 3.05) is 0 Å². The zero-order chi connectivity index (χ0) is 17.4. The quantitative estimate of drug-likeness (QED) is 0.595. The zero-order valence-corrected chi connectivity index (χ0v) is 14.4. The van der Waals surface area contributed by atoms with Crippen LogP contribution in [-0.4, -0.2) is 29.1 Å². The summed E-state index contributed by atoms with van der Waals surface area (Å²) in [4.78, 5) is 29.3. The van der Waals surface area contributed by atoms with Gasteiger partial charge in [0.25, 0.3) is 5.91 Å². The number of nitrogens with zero attached hydrogens (tertiary/aromatic N) is 2. The number of hydrogen-bond donors (Lipinski definition) is 2. The number of rotatable bonds is 7. The van der Waals surface area contributed by atoms with Gasteiger partial charge in [0.1, 0.15) is 6.04 Å². The maximum absolute atomic E-state index is 12.3. The van der Waals surface area contributed by atoms with Crippen molar-refractivity contribution in [3.63, 3.8) is 0 Å². The fourth-order valence-electron chi connectivity index (χ4n) is 2.02. The average Bonchev–Trinajstić information content (AvgIpc) is 3.06. The molecule has 2 N–H and O–H groups in total. The molecule has 0 aromatic carbocycles. The van der Waals surface area contributed by atoms with Crippen molar-refractivity contribution in [2.45, 2.75) is 26.3 Å². The monoisotopic (exact) mass is 344 g/mol. The number of aromatic nitrogens is 1. The standard InChI is InChI=1S/C17H20N4O2S/c1-12(2)16(20-15(22)9-14-6-4-8-24-14)17(23)21-19-11-13-5-3-7-18-10-13/h3-8,10-12,16H,9H2,1-2H3,(H,20,22)(H,21,23). The Labute approximate surface area is 145 Å². The summed E-state index contributed by atoms with van der Waals surface area (Å²) in [6.07, 6.45) is 5.08. The lowest BCUT2D eigenvalue weighted by atomic mass is 10.0. The van der Waals surface area contributed by atoms with E-state index in [4.69, 9.17) is 0 Å². The molecule has 1 atom stereocenters. The zero-order valence-electron chi connectivity index (χ0n) is 13.6. The van der Waals surface area contributed by atoms with Gasteiger partial charge < -0.3 is 5.32 Å². The van der Waals surface area contributed by atoms with E-state index in [0.717, 1.165) is 10.4 Å². The van der Waals surface area contributed by atoms with Crippen molar-refractivity contribution in [1.82, 2.24) is 15.7 Å². The van der Waals surface area contributed by atoms with Crippen molar-refractivity contribution < 1.29 is 9.59 Å². The minimum absolute atomic E-state index is 0.0501. The average molecular weight is 344 g/mol. The highest BCUT2D eigenvalue weighted by molar-refractivity contribution is 7.10. The first kappa shape index (κ1) is 17.8. The number of thiophene rings is 1. The molecule has 2 heterocycles. The molecule has 2 aromatic heterocycles. The Morgan fingerprint density at radius 3 is 2.79 bits per heavy atom. The SMILES string of the molecule is CC(C)C(NC(=O)Cc1cccs1)C(=O)NN=Cc1cccnc1. The number of nitrogens with one attached hydrogen (secondary N) is 2. The Hall–Kier alpha value is -2.54. The molecule has 24 heavy (non-hydrogen) atoms. The molecule has 126 valence electrons. The van der Waals surface area contributed by atoms with E-state index < -0.39 is 6.04 Å². The topological polar surface area (TPSA) is 83.5 Å².